The number of sulfonamides is 1. The van der Waals surface area contributed by atoms with Crippen molar-refractivity contribution in [3.63, 3.8) is 0 Å². The molecule has 0 heterocycles. The van der Waals surface area contributed by atoms with Crippen molar-refractivity contribution in [3.8, 4) is 0 Å². The lowest BCUT2D eigenvalue weighted by Crippen LogP contribution is -2.57. The van der Waals surface area contributed by atoms with Gasteiger partial charge in [-0.25, -0.2) is 13.1 Å². The molecular formula is C10H20N2O2S2. The maximum Gasteiger partial charge on any atom is 0.212 e. The molecule has 94 valence electrons. The van der Waals surface area contributed by atoms with Crippen LogP contribution in [0.2, 0.25) is 0 Å². The van der Waals surface area contributed by atoms with Crippen LogP contribution in [0.15, 0.2) is 0 Å². The van der Waals surface area contributed by atoms with Crippen LogP contribution in [0.5, 0.6) is 0 Å². The molecule has 1 rings (SSSR count). The van der Waals surface area contributed by atoms with E-state index in [1.807, 2.05) is 6.92 Å². The first kappa shape index (κ1) is 13.9. The molecule has 6 heteroatoms. The van der Waals surface area contributed by atoms with Crippen LogP contribution in [-0.2, 0) is 10.0 Å². The Kier molecular flexibility index (Phi) is 4.70. The molecule has 0 aromatic carbocycles. The third kappa shape index (κ3) is 3.40. The van der Waals surface area contributed by atoms with Gasteiger partial charge in [0, 0.05) is 0 Å². The molecule has 0 aliphatic heterocycles. The predicted octanol–water partition coefficient (Wildman–Crippen LogP) is 1.30. The zero-order valence-electron chi connectivity index (χ0n) is 9.66. The van der Waals surface area contributed by atoms with E-state index in [0.29, 0.717) is 6.42 Å². The average Bonchev–Trinajstić information content (AvgIpc) is 2.17. The number of nitrogens with two attached hydrogens (primary N) is 1. The predicted molar refractivity (Wildman–Crippen MR) is 69.8 cm³/mol. The van der Waals surface area contributed by atoms with Crippen molar-refractivity contribution in [2.24, 2.45) is 5.73 Å². The van der Waals surface area contributed by atoms with Crippen molar-refractivity contribution < 1.29 is 8.42 Å². The van der Waals surface area contributed by atoms with Crippen LogP contribution >= 0.6 is 12.2 Å². The van der Waals surface area contributed by atoms with Crippen molar-refractivity contribution in [2.45, 2.75) is 51.0 Å². The third-order valence-corrected chi connectivity index (χ3v) is 5.04. The molecule has 0 amide bonds. The van der Waals surface area contributed by atoms with E-state index in [1.54, 1.807) is 0 Å². The van der Waals surface area contributed by atoms with Crippen LogP contribution in [0.4, 0.5) is 0 Å². The molecule has 0 atom stereocenters. The fraction of sp³-hybridized carbons (Fsp3) is 0.900. The van der Waals surface area contributed by atoms with Gasteiger partial charge in [-0.2, -0.15) is 0 Å². The number of hydrogen-bond acceptors (Lipinski definition) is 3. The van der Waals surface area contributed by atoms with Crippen LogP contribution in [-0.4, -0.2) is 24.7 Å². The molecule has 0 radical (unpaired) electrons. The van der Waals surface area contributed by atoms with Gasteiger partial charge in [-0.15, -0.1) is 0 Å². The maximum atomic E-state index is 11.8. The van der Waals surface area contributed by atoms with Crippen LogP contribution in [0.3, 0.4) is 0 Å². The molecule has 3 N–H and O–H groups in total. The average molecular weight is 264 g/mol. The second-order valence-electron chi connectivity index (χ2n) is 4.43. The van der Waals surface area contributed by atoms with Gasteiger partial charge in [0.25, 0.3) is 0 Å². The van der Waals surface area contributed by atoms with E-state index in [9.17, 15) is 8.42 Å². The summed E-state index contributed by atoms with van der Waals surface area (Å²) in [7, 11) is -3.25. The molecule has 1 fully saturated rings. The van der Waals surface area contributed by atoms with E-state index < -0.39 is 15.6 Å². The molecule has 16 heavy (non-hydrogen) atoms. The first-order chi connectivity index (χ1) is 7.42. The molecular weight excluding hydrogens is 244 g/mol. The van der Waals surface area contributed by atoms with E-state index >= 15 is 0 Å². The smallest absolute Gasteiger partial charge is 0.212 e. The van der Waals surface area contributed by atoms with Gasteiger partial charge in [0.1, 0.15) is 0 Å². The summed E-state index contributed by atoms with van der Waals surface area (Å²) in [6.45, 7) is 1.84. The summed E-state index contributed by atoms with van der Waals surface area (Å²) >= 11 is 5.03. The Hall–Kier alpha value is -0.200. The summed E-state index contributed by atoms with van der Waals surface area (Å²) in [6, 6.07) is 0. The van der Waals surface area contributed by atoms with E-state index in [-0.39, 0.29) is 10.7 Å². The SMILES string of the molecule is CCCS(=O)(=O)NC1(C(N)=S)CCCCC1. The lowest BCUT2D eigenvalue weighted by molar-refractivity contribution is 0.353. The van der Waals surface area contributed by atoms with Gasteiger partial charge in [0.2, 0.25) is 10.0 Å². The largest absolute Gasteiger partial charge is 0.392 e. The molecule has 0 unspecified atom stereocenters. The standard InChI is InChI=1S/C10H20N2O2S2/c1-2-8-16(13,14)12-10(9(11)15)6-4-3-5-7-10/h12H,2-8H2,1H3,(H2,11,15). The van der Waals surface area contributed by atoms with E-state index in [4.69, 9.17) is 18.0 Å². The highest BCUT2D eigenvalue weighted by Gasteiger charge is 2.38. The summed E-state index contributed by atoms with van der Waals surface area (Å²) < 4.78 is 26.3. The van der Waals surface area contributed by atoms with Gasteiger partial charge >= 0.3 is 0 Å². The summed E-state index contributed by atoms with van der Waals surface area (Å²) in [4.78, 5) is 0.284. The van der Waals surface area contributed by atoms with Crippen LogP contribution in [0, 0.1) is 0 Å². The number of hydrogen-bond donors (Lipinski definition) is 2. The normalized spacial score (nSPS) is 20.6. The van der Waals surface area contributed by atoms with Crippen molar-refractivity contribution in [3.05, 3.63) is 0 Å². The summed E-state index contributed by atoms with van der Waals surface area (Å²) in [5.41, 5.74) is 5.04. The molecule has 0 aromatic heterocycles. The Bertz CT molecular complexity index is 346. The van der Waals surface area contributed by atoms with Gasteiger partial charge in [-0.1, -0.05) is 38.4 Å². The van der Waals surface area contributed by atoms with Crippen LogP contribution < -0.4 is 10.5 Å². The van der Waals surface area contributed by atoms with Gasteiger partial charge in [0.15, 0.2) is 0 Å². The Morgan fingerprint density at radius 1 is 1.38 bits per heavy atom. The molecule has 1 saturated carbocycles. The highest BCUT2D eigenvalue weighted by atomic mass is 32.2. The van der Waals surface area contributed by atoms with Crippen LogP contribution in [0.25, 0.3) is 0 Å². The molecule has 1 aliphatic rings. The Morgan fingerprint density at radius 2 is 1.94 bits per heavy atom. The summed E-state index contributed by atoms with van der Waals surface area (Å²) in [5.74, 6) is 0.136. The molecule has 0 spiro atoms. The summed E-state index contributed by atoms with van der Waals surface area (Å²) in [5, 5.41) is 0. The topological polar surface area (TPSA) is 72.2 Å². The monoisotopic (exact) mass is 264 g/mol. The quantitative estimate of drug-likeness (QED) is 0.734. The molecule has 1 aliphatic carbocycles. The Balaban J connectivity index is 2.83. The van der Waals surface area contributed by atoms with Crippen molar-refractivity contribution >= 4 is 27.2 Å². The van der Waals surface area contributed by atoms with Crippen molar-refractivity contribution in [2.75, 3.05) is 5.75 Å². The zero-order chi connectivity index (χ0) is 12.2. The minimum atomic E-state index is -3.25. The second kappa shape index (κ2) is 5.42. The highest BCUT2D eigenvalue weighted by molar-refractivity contribution is 7.89. The number of thiocarbonyl (C=S) groups is 1. The Morgan fingerprint density at radius 3 is 2.38 bits per heavy atom. The molecule has 4 nitrogen and oxygen atoms in total. The summed E-state index contributed by atoms with van der Waals surface area (Å²) in [6.07, 6.45) is 5.14. The molecule has 0 bridgehead atoms. The second-order valence-corrected chi connectivity index (χ2v) is 6.71. The van der Waals surface area contributed by atoms with Gasteiger partial charge in [-0.3, -0.25) is 0 Å². The van der Waals surface area contributed by atoms with Gasteiger partial charge < -0.3 is 5.73 Å². The van der Waals surface area contributed by atoms with Crippen molar-refractivity contribution in [1.82, 2.24) is 4.72 Å². The minimum Gasteiger partial charge on any atom is -0.392 e. The maximum absolute atomic E-state index is 11.8. The van der Waals surface area contributed by atoms with Gasteiger partial charge in [-0.05, 0) is 19.3 Å². The lowest BCUT2D eigenvalue weighted by atomic mass is 9.82. The fourth-order valence-corrected chi connectivity index (χ4v) is 4.04. The van der Waals surface area contributed by atoms with E-state index in [1.165, 1.54) is 0 Å². The lowest BCUT2D eigenvalue weighted by Gasteiger charge is -2.36. The van der Waals surface area contributed by atoms with Crippen molar-refractivity contribution in [1.29, 1.82) is 0 Å². The first-order valence-electron chi connectivity index (χ1n) is 5.73. The van der Waals surface area contributed by atoms with E-state index in [2.05, 4.69) is 4.72 Å². The zero-order valence-corrected chi connectivity index (χ0v) is 11.3. The fourth-order valence-electron chi connectivity index (χ4n) is 2.17. The first-order valence-corrected chi connectivity index (χ1v) is 7.79. The van der Waals surface area contributed by atoms with Crippen LogP contribution in [0.1, 0.15) is 45.4 Å². The molecule has 0 saturated heterocycles. The number of rotatable bonds is 5. The third-order valence-electron chi connectivity index (χ3n) is 3.00. The minimum absolute atomic E-state index is 0.136. The highest BCUT2D eigenvalue weighted by Crippen LogP contribution is 2.29. The Labute approximate surface area is 103 Å². The van der Waals surface area contributed by atoms with Gasteiger partial charge in [0.05, 0.1) is 16.3 Å². The van der Waals surface area contributed by atoms with E-state index in [0.717, 1.165) is 32.1 Å². The number of nitrogens with one attached hydrogen (secondary N) is 1. The molecule has 0 aromatic rings.